The first-order valence-corrected chi connectivity index (χ1v) is 9.30. The molecular weight excluding hydrogens is 363 g/mol. The van der Waals surface area contributed by atoms with Crippen molar-refractivity contribution in [2.75, 3.05) is 6.61 Å². The van der Waals surface area contributed by atoms with E-state index in [1.807, 2.05) is 6.92 Å². The number of carbonyl (C=O) groups excluding carboxylic acids is 1. The molecule has 0 saturated heterocycles. The van der Waals surface area contributed by atoms with Crippen LogP contribution in [0.5, 0.6) is 5.75 Å². The predicted octanol–water partition coefficient (Wildman–Crippen LogP) is 2.23. The van der Waals surface area contributed by atoms with Crippen molar-refractivity contribution in [3.63, 3.8) is 0 Å². The molecule has 3 rings (SSSR count). The van der Waals surface area contributed by atoms with E-state index in [2.05, 4.69) is 0 Å². The number of hydrogen-bond acceptors (Lipinski definition) is 6. The number of aliphatic hydroxyl groups excluding tert-OH is 1. The molecule has 0 aromatic heterocycles. The van der Waals surface area contributed by atoms with Gasteiger partial charge >= 0.3 is 0 Å². The number of aryl methyl sites for hydroxylation is 1. The zero-order valence-corrected chi connectivity index (χ0v) is 14.7. The second-order valence-electron chi connectivity index (χ2n) is 6.04. The van der Waals surface area contributed by atoms with Crippen LogP contribution in [0.15, 0.2) is 47.4 Å². The maximum Gasteiger partial charge on any atom is 0.297 e. The third-order valence-corrected chi connectivity index (χ3v) is 5.34. The maximum absolute atomic E-state index is 13.2. The number of ketones is 1. The summed E-state index contributed by atoms with van der Waals surface area (Å²) >= 11 is 0. The summed E-state index contributed by atoms with van der Waals surface area (Å²) in [5.74, 6) is -0.809. The van der Waals surface area contributed by atoms with Crippen molar-refractivity contribution in [3.05, 3.63) is 59.4 Å². The largest absolute Gasteiger partial charge is 0.486 e. The van der Waals surface area contributed by atoms with Crippen LogP contribution in [0.2, 0.25) is 0 Å². The average Bonchev–Trinajstić information content (AvgIpc) is 2.60. The van der Waals surface area contributed by atoms with Gasteiger partial charge in [0.2, 0.25) is 0 Å². The highest BCUT2D eigenvalue weighted by atomic mass is 32.2. The normalized spacial score (nSPS) is 18.1. The minimum atomic E-state index is -4.04. The summed E-state index contributed by atoms with van der Waals surface area (Å²) < 4.78 is 47.9. The fraction of sp³-hybridized carbons (Fsp3) is 0.278. The molecule has 1 heterocycles. The molecule has 0 amide bonds. The van der Waals surface area contributed by atoms with E-state index in [0.717, 1.165) is 17.7 Å². The fourth-order valence-corrected chi connectivity index (χ4v) is 3.50. The highest BCUT2D eigenvalue weighted by Crippen LogP contribution is 2.29. The summed E-state index contributed by atoms with van der Waals surface area (Å²) in [5.41, 5.74) is 0.995. The molecular formula is C18H17FO6S. The van der Waals surface area contributed by atoms with Crippen LogP contribution in [0.1, 0.15) is 22.3 Å². The van der Waals surface area contributed by atoms with Crippen LogP contribution in [0.25, 0.3) is 0 Å². The second-order valence-corrected chi connectivity index (χ2v) is 7.66. The first kappa shape index (κ1) is 18.5. The molecule has 1 aliphatic rings. The van der Waals surface area contributed by atoms with Crippen LogP contribution >= 0.6 is 0 Å². The SMILES string of the molecule is Cc1ccc(S(=O)(=O)OCC(O)C2CC(=O)c3cc(F)ccc3O2)cc1. The molecule has 138 valence electrons. The highest BCUT2D eigenvalue weighted by Gasteiger charge is 2.33. The zero-order chi connectivity index (χ0) is 18.9. The lowest BCUT2D eigenvalue weighted by atomic mass is 9.98. The van der Waals surface area contributed by atoms with Crippen LogP contribution in [0, 0.1) is 12.7 Å². The standard InChI is InChI=1S/C18H17FO6S/c1-11-2-5-13(6-3-11)26(22,23)24-10-16(21)18-9-15(20)14-8-12(19)4-7-17(14)25-18/h2-8,16,18,21H,9-10H2,1H3. The number of fused-ring (bicyclic) bond motifs is 1. The van der Waals surface area contributed by atoms with Crippen LogP contribution in [-0.2, 0) is 14.3 Å². The Balaban J connectivity index is 1.67. The molecule has 2 atom stereocenters. The molecule has 8 heteroatoms. The summed E-state index contributed by atoms with van der Waals surface area (Å²) in [4.78, 5) is 12.1. The molecule has 0 fully saturated rings. The van der Waals surface area contributed by atoms with Crippen molar-refractivity contribution >= 4 is 15.9 Å². The smallest absolute Gasteiger partial charge is 0.297 e. The van der Waals surface area contributed by atoms with E-state index in [1.165, 1.54) is 18.2 Å². The van der Waals surface area contributed by atoms with Gasteiger partial charge in [0.15, 0.2) is 5.78 Å². The number of rotatable bonds is 5. The van der Waals surface area contributed by atoms with Gasteiger partial charge in [-0.25, -0.2) is 4.39 Å². The molecule has 6 nitrogen and oxygen atoms in total. The van der Waals surface area contributed by atoms with Crippen LogP contribution in [0.4, 0.5) is 4.39 Å². The molecule has 0 aliphatic carbocycles. The molecule has 2 aromatic carbocycles. The third kappa shape index (κ3) is 3.92. The predicted molar refractivity (Wildman–Crippen MR) is 90.1 cm³/mol. The molecule has 2 unspecified atom stereocenters. The Hall–Kier alpha value is -2.29. The number of carbonyl (C=O) groups is 1. The molecule has 0 spiro atoms. The number of benzene rings is 2. The van der Waals surface area contributed by atoms with Crippen molar-refractivity contribution in [1.82, 2.24) is 0 Å². The number of hydrogen-bond donors (Lipinski definition) is 1. The van der Waals surface area contributed by atoms with Crippen molar-refractivity contribution in [3.8, 4) is 5.75 Å². The van der Waals surface area contributed by atoms with E-state index in [0.29, 0.717) is 0 Å². The van der Waals surface area contributed by atoms with E-state index in [1.54, 1.807) is 12.1 Å². The van der Waals surface area contributed by atoms with E-state index < -0.39 is 40.5 Å². The second kappa shape index (κ2) is 7.14. The lowest BCUT2D eigenvalue weighted by molar-refractivity contribution is 0.000495. The summed E-state index contributed by atoms with van der Waals surface area (Å²) in [5, 5.41) is 10.2. The molecule has 0 bridgehead atoms. The Bertz CT molecular complexity index is 923. The first-order chi connectivity index (χ1) is 12.3. The Morgan fingerprint density at radius 1 is 1.27 bits per heavy atom. The van der Waals surface area contributed by atoms with Gasteiger partial charge in [0.05, 0.1) is 23.5 Å². The van der Waals surface area contributed by atoms with Gasteiger partial charge < -0.3 is 9.84 Å². The van der Waals surface area contributed by atoms with E-state index in [-0.39, 0.29) is 22.6 Å². The lowest BCUT2D eigenvalue weighted by Crippen LogP contribution is -2.40. The quantitative estimate of drug-likeness (QED) is 0.800. The summed E-state index contributed by atoms with van der Waals surface area (Å²) in [6.45, 7) is 1.26. The molecule has 0 radical (unpaired) electrons. The monoisotopic (exact) mass is 380 g/mol. The van der Waals surface area contributed by atoms with Crippen molar-refractivity contribution < 1.29 is 31.6 Å². The van der Waals surface area contributed by atoms with Gasteiger partial charge in [-0.05, 0) is 37.3 Å². The van der Waals surface area contributed by atoms with Crippen molar-refractivity contribution in [2.24, 2.45) is 0 Å². The Morgan fingerprint density at radius 3 is 2.65 bits per heavy atom. The minimum Gasteiger partial charge on any atom is -0.486 e. The molecule has 0 saturated carbocycles. The van der Waals surface area contributed by atoms with E-state index in [9.17, 15) is 22.7 Å². The highest BCUT2D eigenvalue weighted by molar-refractivity contribution is 7.86. The minimum absolute atomic E-state index is 0.0308. The Morgan fingerprint density at radius 2 is 1.96 bits per heavy atom. The fourth-order valence-electron chi connectivity index (χ4n) is 2.57. The van der Waals surface area contributed by atoms with Gasteiger partial charge in [-0.3, -0.25) is 8.98 Å². The summed E-state index contributed by atoms with van der Waals surface area (Å²) in [6.07, 6.45) is -2.53. The maximum atomic E-state index is 13.2. The summed E-state index contributed by atoms with van der Waals surface area (Å²) in [7, 11) is -4.04. The van der Waals surface area contributed by atoms with Gasteiger partial charge in [0.25, 0.3) is 10.1 Å². The number of halogens is 1. The van der Waals surface area contributed by atoms with Crippen LogP contribution in [-0.4, -0.2) is 38.1 Å². The number of aliphatic hydroxyl groups is 1. The lowest BCUT2D eigenvalue weighted by Gasteiger charge is -2.28. The Labute approximate surface area is 150 Å². The third-order valence-electron chi connectivity index (χ3n) is 4.04. The van der Waals surface area contributed by atoms with Gasteiger partial charge in [-0.15, -0.1) is 0 Å². The van der Waals surface area contributed by atoms with Gasteiger partial charge in [-0.1, -0.05) is 17.7 Å². The van der Waals surface area contributed by atoms with Gasteiger partial charge in [0, 0.05) is 0 Å². The zero-order valence-electron chi connectivity index (χ0n) is 13.9. The summed E-state index contributed by atoms with van der Waals surface area (Å²) in [6, 6.07) is 9.57. The van der Waals surface area contributed by atoms with Gasteiger partial charge in [0.1, 0.15) is 23.8 Å². The molecule has 26 heavy (non-hydrogen) atoms. The van der Waals surface area contributed by atoms with Crippen LogP contribution in [0.3, 0.4) is 0 Å². The number of ether oxygens (including phenoxy) is 1. The average molecular weight is 380 g/mol. The van der Waals surface area contributed by atoms with Crippen molar-refractivity contribution in [2.45, 2.75) is 30.4 Å². The number of Topliss-reactive ketones (excluding diaryl/α,β-unsaturated/α-hetero) is 1. The van der Waals surface area contributed by atoms with Crippen molar-refractivity contribution in [1.29, 1.82) is 0 Å². The molecule has 1 aliphatic heterocycles. The van der Waals surface area contributed by atoms with Gasteiger partial charge in [-0.2, -0.15) is 8.42 Å². The Kier molecular flexibility index (Phi) is 5.08. The van der Waals surface area contributed by atoms with E-state index in [4.69, 9.17) is 8.92 Å². The van der Waals surface area contributed by atoms with Crippen LogP contribution < -0.4 is 4.74 Å². The molecule has 1 N–H and O–H groups in total. The first-order valence-electron chi connectivity index (χ1n) is 7.90. The van der Waals surface area contributed by atoms with E-state index >= 15 is 0 Å². The molecule has 2 aromatic rings. The topological polar surface area (TPSA) is 89.9 Å².